The molecule has 1 aromatic carbocycles. The fourth-order valence-electron chi connectivity index (χ4n) is 1.87. The van der Waals surface area contributed by atoms with E-state index in [1.165, 1.54) is 5.56 Å². The molecule has 118 valence electrons. The Bertz CT molecular complexity index is 567. The standard InChI is InChI=1S/C15H24N2O3S/c1-11-4-6-13(7-5-11)12(2)10-17-15(18)14(16)8-9-21(3,19)20/h4-7,12,14H,8-10,16H2,1-3H3,(H,17,18). The molecule has 21 heavy (non-hydrogen) atoms. The summed E-state index contributed by atoms with van der Waals surface area (Å²) in [6.07, 6.45) is 1.28. The van der Waals surface area contributed by atoms with Crippen molar-refractivity contribution >= 4 is 15.7 Å². The maximum atomic E-state index is 11.8. The van der Waals surface area contributed by atoms with Gasteiger partial charge in [-0.3, -0.25) is 4.79 Å². The number of nitrogens with two attached hydrogens (primary N) is 1. The van der Waals surface area contributed by atoms with Gasteiger partial charge in [0.15, 0.2) is 0 Å². The first-order chi connectivity index (χ1) is 9.69. The number of sulfone groups is 1. The van der Waals surface area contributed by atoms with E-state index in [2.05, 4.69) is 5.32 Å². The van der Waals surface area contributed by atoms with E-state index in [9.17, 15) is 13.2 Å². The van der Waals surface area contributed by atoms with E-state index < -0.39 is 15.9 Å². The van der Waals surface area contributed by atoms with Crippen LogP contribution in [0.1, 0.15) is 30.4 Å². The average molecular weight is 312 g/mol. The number of aryl methyl sites for hydroxylation is 1. The molecule has 0 aromatic heterocycles. The summed E-state index contributed by atoms with van der Waals surface area (Å²) in [6.45, 7) is 4.53. The Morgan fingerprint density at radius 2 is 1.86 bits per heavy atom. The summed E-state index contributed by atoms with van der Waals surface area (Å²) in [7, 11) is -3.09. The minimum atomic E-state index is -3.09. The predicted octanol–water partition coefficient (Wildman–Crippen LogP) is 0.977. The van der Waals surface area contributed by atoms with Crippen LogP contribution in [0.4, 0.5) is 0 Å². The smallest absolute Gasteiger partial charge is 0.236 e. The number of amides is 1. The summed E-state index contributed by atoms with van der Waals surface area (Å²) in [5.74, 6) is -0.205. The fraction of sp³-hybridized carbons (Fsp3) is 0.533. The third-order valence-corrected chi connectivity index (χ3v) is 4.34. The maximum absolute atomic E-state index is 11.8. The highest BCUT2D eigenvalue weighted by Gasteiger charge is 2.16. The highest BCUT2D eigenvalue weighted by Crippen LogP contribution is 2.14. The van der Waals surface area contributed by atoms with Crippen molar-refractivity contribution in [3.8, 4) is 0 Å². The van der Waals surface area contributed by atoms with Gasteiger partial charge in [-0.1, -0.05) is 36.8 Å². The summed E-state index contributed by atoms with van der Waals surface area (Å²) in [6, 6.07) is 7.35. The number of carbonyl (C=O) groups is 1. The van der Waals surface area contributed by atoms with Gasteiger partial charge in [0.2, 0.25) is 5.91 Å². The van der Waals surface area contributed by atoms with Crippen LogP contribution in [0, 0.1) is 6.92 Å². The Kier molecular flexibility index (Phi) is 6.36. The van der Waals surface area contributed by atoms with Crippen molar-refractivity contribution in [3.63, 3.8) is 0 Å². The molecule has 0 spiro atoms. The van der Waals surface area contributed by atoms with Gasteiger partial charge in [0.25, 0.3) is 0 Å². The molecule has 1 amide bonds. The minimum absolute atomic E-state index is 0.0743. The van der Waals surface area contributed by atoms with Gasteiger partial charge in [-0.2, -0.15) is 0 Å². The zero-order chi connectivity index (χ0) is 16.0. The molecule has 0 aliphatic heterocycles. The lowest BCUT2D eigenvalue weighted by atomic mass is 10.00. The van der Waals surface area contributed by atoms with Crippen molar-refractivity contribution in [2.75, 3.05) is 18.6 Å². The highest BCUT2D eigenvalue weighted by molar-refractivity contribution is 7.90. The zero-order valence-electron chi connectivity index (χ0n) is 12.8. The lowest BCUT2D eigenvalue weighted by molar-refractivity contribution is -0.122. The second kappa shape index (κ2) is 7.56. The molecule has 0 radical (unpaired) electrons. The van der Waals surface area contributed by atoms with Crippen LogP contribution in [0.25, 0.3) is 0 Å². The first kappa shape index (κ1) is 17.7. The molecule has 2 atom stereocenters. The summed E-state index contributed by atoms with van der Waals surface area (Å²) in [5.41, 5.74) is 8.03. The number of hydrogen-bond donors (Lipinski definition) is 2. The lowest BCUT2D eigenvalue weighted by Gasteiger charge is -2.16. The van der Waals surface area contributed by atoms with Crippen molar-refractivity contribution < 1.29 is 13.2 Å². The van der Waals surface area contributed by atoms with Crippen molar-refractivity contribution in [3.05, 3.63) is 35.4 Å². The van der Waals surface area contributed by atoms with Crippen LogP contribution in [0.2, 0.25) is 0 Å². The molecule has 6 heteroatoms. The normalized spacial score (nSPS) is 14.5. The van der Waals surface area contributed by atoms with E-state index in [0.717, 1.165) is 11.8 Å². The van der Waals surface area contributed by atoms with Gasteiger partial charge in [-0.15, -0.1) is 0 Å². The summed E-state index contributed by atoms with van der Waals surface area (Å²) < 4.78 is 22.1. The number of rotatable bonds is 7. The van der Waals surface area contributed by atoms with Gasteiger partial charge in [-0.25, -0.2) is 8.42 Å². The van der Waals surface area contributed by atoms with E-state index in [1.807, 2.05) is 38.1 Å². The van der Waals surface area contributed by atoms with Crippen LogP contribution in [-0.4, -0.2) is 38.9 Å². The van der Waals surface area contributed by atoms with E-state index >= 15 is 0 Å². The summed E-state index contributed by atoms with van der Waals surface area (Å²) >= 11 is 0. The van der Waals surface area contributed by atoms with Crippen LogP contribution in [0.5, 0.6) is 0 Å². The average Bonchev–Trinajstić information content (AvgIpc) is 2.41. The first-order valence-electron chi connectivity index (χ1n) is 6.96. The van der Waals surface area contributed by atoms with Crippen molar-refractivity contribution in [2.24, 2.45) is 5.73 Å². The lowest BCUT2D eigenvalue weighted by Crippen LogP contribution is -2.42. The monoisotopic (exact) mass is 312 g/mol. The van der Waals surface area contributed by atoms with Gasteiger partial charge in [0.05, 0.1) is 11.8 Å². The molecule has 0 bridgehead atoms. The van der Waals surface area contributed by atoms with E-state index in [0.29, 0.717) is 6.54 Å². The third-order valence-electron chi connectivity index (χ3n) is 3.37. The van der Waals surface area contributed by atoms with E-state index in [4.69, 9.17) is 5.73 Å². The van der Waals surface area contributed by atoms with Gasteiger partial charge >= 0.3 is 0 Å². The van der Waals surface area contributed by atoms with Gasteiger partial charge in [0.1, 0.15) is 9.84 Å². The van der Waals surface area contributed by atoms with Gasteiger partial charge in [-0.05, 0) is 24.8 Å². The molecular weight excluding hydrogens is 288 g/mol. The molecule has 3 N–H and O–H groups in total. The van der Waals surface area contributed by atoms with Crippen molar-refractivity contribution in [2.45, 2.75) is 32.2 Å². The molecule has 0 fully saturated rings. The molecule has 2 unspecified atom stereocenters. The Labute approximate surface area is 126 Å². The summed E-state index contributed by atoms with van der Waals surface area (Å²) in [5, 5.41) is 2.77. The number of hydrogen-bond acceptors (Lipinski definition) is 4. The third kappa shape index (κ3) is 6.73. The molecular formula is C15H24N2O3S. The molecule has 1 rings (SSSR count). The SMILES string of the molecule is Cc1ccc(C(C)CNC(=O)C(N)CCS(C)(=O)=O)cc1. The topological polar surface area (TPSA) is 89.3 Å². The number of carbonyl (C=O) groups excluding carboxylic acids is 1. The molecule has 0 saturated heterocycles. The van der Waals surface area contributed by atoms with Crippen LogP contribution in [0.3, 0.4) is 0 Å². The molecule has 0 aliphatic carbocycles. The minimum Gasteiger partial charge on any atom is -0.354 e. The molecule has 5 nitrogen and oxygen atoms in total. The molecule has 1 aromatic rings. The van der Waals surface area contributed by atoms with E-state index in [1.54, 1.807) is 0 Å². The second-order valence-corrected chi connectivity index (χ2v) is 7.84. The quantitative estimate of drug-likeness (QED) is 0.785. The van der Waals surface area contributed by atoms with Crippen LogP contribution >= 0.6 is 0 Å². The number of nitrogens with one attached hydrogen (secondary N) is 1. The van der Waals surface area contributed by atoms with Gasteiger partial charge in [0, 0.05) is 12.8 Å². The fourth-order valence-corrected chi connectivity index (χ4v) is 2.55. The molecule has 0 heterocycles. The maximum Gasteiger partial charge on any atom is 0.236 e. The number of benzene rings is 1. The summed E-state index contributed by atoms with van der Waals surface area (Å²) in [4.78, 5) is 11.8. The molecule has 0 aliphatic rings. The van der Waals surface area contributed by atoms with E-state index in [-0.39, 0.29) is 24.0 Å². The second-order valence-electron chi connectivity index (χ2n) is 5.58. The van der Waals surface area contributed by atoms with Gasteiger partial charge < -0.3 is 11.1 Å². The van der Waals surface area contributed by atoms with Crippen LogP contribution < -0.4 is 11.1 Å². The van der Waals surface area contributed by atoms with Crippen LogP contribution in [0.15, 0.2) is 24.3 Å². The predicted molar refractivity (Wildman–Crippen MR) is 84.9 cm³/mol. The Hall–Kier alpha value is -1.40. The Morgan fingerprint density at radius 1 is 1.29 bits per heavy atom. The van der Waals surface area contributed by atoms with Crippen LogP contribution in [-0.2, 0) is 14.6 Å². The Morgan fingerprint density at radius 3 is 2.38 bits per heavy atom. The van der Waals surface area contributed by atoms with Crippen molar-refractivity contribution in [1.82, 2.24) is 5.32 Å². The highest BCUT2D eigenvalue weighted by atomic mass is 32.2. The largest absolute Gasteiger partial charge is 0.354 e. The zero-order valence-corrected chi connectivity index (χ0v) is 13.6. The Balaban J connectivity index is 2.43. The van der Waals surface area contributed by atoms with Crippen molar-refractivity contribution in [1.29, 1.82) is 0 Å². The first-order valence-corrected chi connectivity index (χ1v) is 9.02. The molecule has 0 saturated carbocycles.